The summed E-state index contributed by atoms with van der Waals surface area (Å²) in [4.78, 5) is -0.183. The van der Waals surface area contributed by atoms with Crippen LogP contribution >= 0.6 is 11.6 Å². The van der Waals surface area contributed by atoms with E-state index in [1.807, 2.05) is 0 Å². The van der Waals surface area contributed by atoms with Crippen molar-refractivity contribution in [2.75, 3.05) is 4.72 Å². The van der Waals surface area contributed by atoms with E-state index in [0.717, 1.165) is 18.2 Å². The van der Waals surface area contributed by atoms with Crippen molar-refractivity contribution >= 4 is 27.3 Å². The van der Waals surface area contributed by atoms with E-state index in [1.54, 1.807) is 6.07 Å². The van der Waals surface area contributed by atoms with E-state index in [1.165, 1.54) is 12.1 Å². The van der Waals surface area contributed by atoms with Crippen molar-refractivity contribution in [3.8, 4) is 0 Å². The Balaban J connectivity index is 2.40. The normalized spacial score (nSPS) is 11.4. The third kappa shape index (κ3) is 3.49. The van der Waals surface area contributed by atoms with Gasteiger partial charge in [-0.25, -0.2) is 17.2 Å². The fourth-order valence-electron chi connectivity index (χ4n) is 1.65. The molecule has 2 aromatic carbocycles. The van der Waals surface area contributed by atoms with Gasteiger partial charge in [0.05, 0.1) is 10.7 Å². The first-order valence-electron chi connectivity index (χ1n) is 5.80. The zero-order valence-corrected chi connectivity index (χ0v) is 12.2. The van der Waals surface area contributed by atoms with Gasteiger partial charge in [0.25, 0.3) is 10.0 Å². The monoisotopic (exact) mass is 332 g/mol. The van der Waals surface area contributed by atoms with Crippen molar-refractivity contribution in [2.24, 2.45) is 5.73 Å². The van der Waals surface area contributed by atoms with E-state index in [0.29, 0.717) is 5.56 Å². The van der Waals surface area contributed by atoms with E-state index < -0.39 is 21.7 Å². The number of hydrogen-bond acceptors (Lipinski definition) is 3. The van der Waals surface area contributed by atoms with Gasteiger partial charge in [0.2, 0.25) is 0 Å². The van der Waals surface area contributed by atoms with Gasteiger partial charge in [0, 0.05) is 12.6 Å². The molecule has 0 fully saturated rings. The first-order valence-corrected chi connectivity index (χ1v) is 7.66. The highest BCUT2D eigenvalue weighted by molar-refractivity contribution is 7.92. The molecule has 4 nitrogen and oxygen atoms in total. The van der Waals surface area contributed by atoms with Crippen LogP contribution in [-0.4, -0.2) is 8.42 Å². The molecule has 3 N–H and O–H groups in total. The third-order valence-corrected chi connectivity index (χ3v) is 4.56. The third-order valence-electron chi connectivity index (χ3n) is 2.69. The Kier molecular flexibility index (Phi) is 4.46. The second-order valence-corrected chi connectivity index (χ2v) is 6.26. The Bertz CT molecular complexity index is 782. The molecule has 0 unspecified atom stereocenters. The predicted octanol–water partition coefficient (Wildman–Crippen LogP) is 2.88. The lowest BCUT2D eigenvalue weighted by Crippen LogP contribution is -2.14. The highest BCUT2D eigenvalue weighted by Crippen LogP contribution is 2.25. The molecule has 2 rings (SSSR count). The largest absolute Gasteiger partial charge is 0.326 e. The van der Waals surface area contributed by atoms with Gasteiger partial charge >= 0.3 is 0 Å². The lowest BCUT2D eigenvalue weighted by Gasteiger charge is -2.11. The molecule has 0 bridgehead atoms. The number of nitrogens with two attached hydrogens (primary N) is 1. The summed E-state index contributed by atoms with van der Waals surface area (Å²) >= 11 is 5.87. The van der Waals surface area contributed by atoms with Crippen LogP contribution in [0.25, 0.3) is 0 Å². The zero-order valence-electron chi connectivity index (χ0n) is 10.6. The predicted molar refractivity (Wildman–Crippen MR) is 76.5 cm³/mol. The maximum absolute atomic E-state index is 13.1. The summed E-state index contributed by atoms with van der Waals surface area (Å²) < 4.78 is 52.5. The second kappa shape index (κ2) is 5.97. The van der Waals surface area contributed by atoms with Crippen LogP contribution in [0.2, 0.25) is 5.02 Å². The van der Waals surface area contributed by atoms with Crippen LogP contribution in [0.3, 0.4) is 0 Å². The smallest absolute Gasteiger partial charge is 0.263 e. The summed E-state index contributed by atoms with van der Waals surface area (Å²) in [6.07, 6.45) is 0. The van der Waals surface area contributed by atoms with Gasteiger partial charge < -0.3 is 5.73 Å². The highest BCUT2D eigenvalue weighted by atomic mass is 35.5. The molecular formula is C13H11ClF2N2O2S. The van der Waals surface area contributed by atoms with Gasteiger partial charge in [0.15, 0.2) is 11.6 Å². The molecule has 2 aromatic rings. The number of hydrogen-bond donors (Lipinski definition) is 2. The fraction of sp³-hybridized carbons (Fsp3) is 0.0769. The Hall–Kier alpha value is -1.70. The van der Waals surface area contributed by atoms with E-state index in [-0.39, 0.29) is 22.2 Å². The molecule has 0 aliphatic rings. The minimum atomic E-state index is -4.03. The quantitative estimate of drug-likeness (QED) is 0.904. The van der Waals surface area contributed by atoms with E-state index in [4.69, 9.17) is 17.3 Å². The number of rotatable bonds is 4. The fourth-order valence-corrected chi connectivity index (χ4v) is 3.25. The van der Waals surface area contributed by atoms with Crippen LogP contribution in [0.5, 0.6) is 0 Å². The van der Waals surface area contributed by atoms with Crippen LogP contribution in [0.4, 0.5) is 14.5 Å². The van der Waals surface area contributed by atoms with Crippen molar-refractivity contribution < 1.29 is 17.2 Å². The summed E-state index contributed by atoms with van der Waals surface area (Å²) in [6.45, 7) is 0.144. The summed E-state index contributed by atoms with van der Waals surface area (Å²) in [6, 6.07) is 7.00. The van der Waals surface area contributed by atoms with Crippen molar-refractivity contribution in [1.29, 1.82) is 0 Å². The number of nitrogens with one attached hydrogen (secondary N) is 1. The summed E-state index contributed by atoms with van der Waals surface area (Å²) in [5.74, 6) is -2.22. The Labute approximate surface area is 125 Å². The molecule has 0 saturated heterocycles. The maximum Gasteiger partial charge on any atom is 0.263 e. The van der Waals surface area contributed by atoms with Crippen molar-refractivity contribution in [3.63, 3.8) is 0 Å². The summed E-state index contributed by atoms with van der Waals surface area (Å²) in [7, 11) is -4.03. The molecule has 112 valence electrons. The van der Waals surface area contributed by atoms with Gasteiger partial charge in [0.1, 0.15) is 4.90 Å². The van der Waals surface area contributed by atoms with Crippen molar-refractivity contribution in [3.05, 3.63) is 58.6 Å². The van der Waals surface area contributed by atoms with E-state index >= 15 is 0 Å². The van der Waals surface area contributed by atoms with Gasteiger partial charge in [-0.2, -0.15) is 0 Å². The van der Waals surface area contributed by atoms with Crippen LogP contribution in [0, 0.1) is 11.6 Å². The summed E-state index contributed by atoms with van der Waals surface area (Å²) in [5.41, 5.74) is 5.92. The molecule has 0 atom stereocenters. The molecule has 0 aliphatic carbocycles. The molecule has 0 radical (unpaired) electrons. The van der Waals surface area contributed by atoms with Gasteiger partial charge in [-0.1, -0.05) is 17.7 Å². The van der Waals surface area contributed by atoms with Crippen LogP contribution in [0.15, 0.2) is 41.3 Å². The van der Waals surface area contributed by atoms with Crippen LogP contribution in [-0.2, 0) is 16.6 Å². The number of anilines is 1. The molecule has 0 heterocycles. The van der Waals surface area contributed by atoms with Crippen LogP contribution < -0.4 is 10.5 Å². The topological polar surface area (TPSA) is 72.2 Å². The van der Waals surface area contributed by atoms with Crippen molar-refractivity contribution in [1.82, 2.24) is 0 Å². The number of benzene rings is 2. The molecule has 0 spiro atoms. The molecule has 0 saturated carbocycles. The van der Waals surface area contributed by atoms with Crippen LogP contribution in [0.1, 0.15) is 5.56 Å². The molecule has 0 aromatic heterocycles. The molecule has 21 heavy (non-hydrogen) atoms. The lowest BCUT2D eigenvalue weighted by molar-refractivity contribution is 0.509. The van der Waals surface area contributed by atoms with E-state index in [2.05, 4.69) is 4.72 Å². The SMILES string of the molecule is NCc1ccc(Cl)c(S(=O)(=O)Nc2ccc(F)c(F)c2)c1. The minimum Gasteiger partial charge on any atom is -0.326 e. The minimum absolute atomic E-state index is 0.00211. The lowest BCUT2D eigenvalue weighted by atomic mass is 10.2. The first kappa shape index (κ1) is 15.7. The van der Waals surface area contributed by atoms with E-state index in [9.17, 15) is 17.2 Å². The molecular weight excluding hydrogens is 322 g/mol. The maximum atomic E-state index is 13.1. The Morgan fingerprint density at radius 1 is 1.10 bits per heavy atom. The average Bonchev–Trinajstić information content (AvgIpc) is 2.43. The van der Waals surface area contributed by atoms with Gasteiger partial charge in [-0.05, 0) is 29.8 Å². The molecule has 0 amide bonds. The molecule has 8 heteroatoms. The first-order chi connectivity index (χ1) is 9.83. The standard InChI is InChI=1S/C13H11ClF2N2O2S/c14-10-3-1-8(7-17)5-13(10)21(19,20)18-9-2-4-11(15)12(16)6-9/h1-6,18H,7,17H2. The number of halogens is 3. The van der Waals surface area contributed by atoms with Gasteiger partial charge in [-0.15, -0.1) is 0 Å². The molecule has 0 aliphatic heterocycles. The second-order valence-electron chi connectivity index (χ2n) is 4.20. The Morgan fingerprint density at radius 2 is 1.81 bits per heavy atom. The zero-order chi connectivity index (χ0) is 15.6. The summed E-state index contributed by atoms with van der Waals surface area (Å²) in [5, 5.41) is 0.00211. The highest BCUT2D eigenvalue weighted by Gasteiger charge is 2.19. The van der Waals surface area contributed by atoms with Gasteiger partial charge in [-0.3, -0.25) is 4.72 Å². The van der Waals surface area contributed by atoms with Crippen molar-refractivity contribution in [2.45, 2.75) is 11.4 Å². The number of sulfonamides is 1. The Morgan fingerprint density at radius 3 is 2.43 bits per heavy atom. The average molecular weight is 333 g/mol.